The molecule has 0 bridgehead atoms. The molecule has 56 valence electrons. The second kappa shape index (κ2) is 2.87. The van der Waals surface area contributed by atoms with Crippen LogP contribution in [0.5, 0.6) is 0 Å². The van der Waals surface area contributed by atoms with E-state index >= 15 is 0 Å². The quantitative estimate of drug-likeness (QED) is 0.584. The fourth-order valence-corrected chi connectivity index (χ4v) is 1.77. The second-order valence-corrected chi connectivity index (χ2v) is 2.87. The van der Waals surface area contributed by atoms with Crippen molar-refractivity contribution in [1.29, 1.82) is 0 Å². The van der Waals surface area contributed by atoms with Crippen LogP contribution in [0.4, 0.5) is 0 Å². The van der Waals surface area contributed by atoms with Gasteiger partial charge in [-0.1, -0.05) is 0 Å². The molecule has 6 heteroatoms. The molecular formula is C4H6N2O3S. The van der Waals surface area contributed by atoms with Gasteiger partial charge in [-0.25, -0.2) is 9.80 Å². The number of thioether (sulfide) groups is 1. The molecule has 1 aliphatic heterocycles. The minimum absolute atomic E-state index is 0.389. The Labute approximate surface area is 61.3 Å². The highest BCUT2D eigenvalue weighted by molar-refractivity contribution is 7.99. The van der Waals surface area contributed by atoms with E-state index in [-0.39, 0.29) is 0 Å². The fraction of sp³-hybridized carbons (Fsp3) is 0.750. The van der Waals surface area contributed by atoms with Crippen LogP contribution >= 0.6 is 11.8 Å². The molecule has 0 amide bonds. The van der Waals surface area contributed by atoms with E-state index in [0.29, 0.717) is 11.6 Å². The number of nitroso groups, excluding NO2 is 1. The molecule has 0 saturated carbocycles. The van der Waals surface area contributed by atoms with Gasteiger partial charge in [0.15, 0.2) is 6.04 Å². The summed E-state index contributed by atoms with van der Waals surface area (Å²) in [6.07, 6.45) is 0. The third kappa shape index (κ3) is 1.21. The molecule has 0 aromatic rings. The van der Waals surface area contributed by atoms with Gasteiger partial charge in [0.25, 0.3) is 0 Å². The molecule has 0 aromatic heterocycles. The van der Waals surface area contributed by atoms with Crippen molar-refractivity contribution in [3.63, 3.8) is 0 Å². The average Bonchev–Trinajstić information content (AvgIpc) is 2.33. The summed E-state index contributed by atoms with van der Waals surface area (Å²) in [7, 11) is 0. The largest absolute Gasteiger partial charge is 0.480 e. The van der Waals surface area contributed by atoms with Gasteiger partial charge in [-0.3, -0.25) is 0 Å². The zero-order chi connectivity index (χ0) is 7.56. The Bertz CT molecular complexity index is 163. The van der Waals surface area contributed by atoms with E-state index < -0.39 is 12.0 Å². The van der Waals surface area contributed by atoms with Gasteiger partial charge in [0.2, 0.25) is 0 Å². The molecule has 1 heterocycles. The summed E-state index contributed by atoms with van der Waals surface area (Å²) in [5.74, 6) is -0.147. The number of aliphatic carboxylic acids is 1. The molecule has 0 aromatic carbocycles. The number of carboxylic acid groups (broad SMARTS) is 1. The van der Waals surface area contributed by atoms with Crippen molar-refractivity contribution in [3.05, 3.63) is 4.91 Å². The highest BCUT2D eigenvalue weighted by atomic mass is 32.2. The number of nitrogens with zero attached hydrogens (tertiary/aromatic N) is 2. The molecule has 1 rings (SSSR count). The SMILES string of the molecule is O=NN1CSCC1C(=O)O. The number of rotatable bonds is 2. The van der Waals surface area contributed by atoms with Crippen molar-refractivity contribution in [3.8, 4) is 0 Å². The van der Waals surface area contributed by atoms with Gasteiger partial charge in [0, 0.05) is 5.75 Å². The molecule has 1 N–H and O–H groups in total. The summed E-state index contributed by atoms with van der Waals surface area (Å²) in [5.41, 5.74) is 0. The summed E-state index contributed by atoms with van der Waals surface area (Å²) in [6.45, 7) is 0. The first-order chi connectivity index (χ1) is 4.75. The lowest BCUT2D eigenvalue weighted by molar-refractivity contribution is -0.141. The molecule has 1 unspecified atom stereocenters. The predicted octanol–water partition coefficient (Wildman–Crippen LogP) is 0.127. The van der Waals surface area contributed by atoms with Crippen molar-refractivity contribution >= 4 is 17.7 Å². The van der Waals surface area contributed by atoms with Gasteiger partial charge in [-0.15, -0.1) is 16.7 Å². The monoisotopic (exact) mass is 162 g/mol. The first-order valence-corrected chi connectivity index (χ1v) is 3.81. The molecule has 0 aliphatic carbocycles. The number of hydrogen-bond donors (Lipinski definition) is 1. The molecule has 1 atom stereocenters. The maximum Gasteiger partial charge on any atom is 0.329 e. The fourth-order valence-electron chi connectivity index (χ4n) is 0.713. The van der Waals surface area contributed by atoms with Crippen LogP contribution in [0.2, 0.25) is 0 Å². The summed E-state index contributed by atoms with van der Waals surface area (Å²) >= 11 is 1.39. The van der Waals surface area contributed by atoms with Crippen LogP contribution in [-0.4, -0.2) is 33.8 Å². The molecule has 1 fully saturated rings. The van der Waals surface area contributed by atoms with Crippen molar-refractivity contribution in [2.24, 2.45) is 5.29 Å². The lowest BCUT2D eigenvalue weighted by atomic mass is 10.3. The van der Waals surface area contributed by atoms with E-state index in [2.05, 4.69) is 5.29 Å². The van der Waals surface area contributed by atoms with Crippen molar-refractivity contribution in [2.45, 2.75) is 6.04 Å². The van der Waals surface area contributed by atoms with Crippen molar-refractivity contribution < 1.29 is 9.90 Å². The first-order valence-electron chi connectivity index (χ1n) is 2.66. The summed E-state index contributed by atoms with van der Waals surface area (Å²) in [4.78, 5) is 20.2. The van der Waals surface area contributed by atoms with Gasteiger partial charge in [0.1, 0.15) is 0 Å². The normalized spacial score (nSPS) is 24.8. The Hall–Kier alpha value is -0.780. The van der Waals surface area contributed by atoms with Crippen LogP contribution in [0.3, 0.4) is 0 Å². The molecule has 5 nitrogen and oxygen atoms in total. The summed E-state index contributed by atoms with van der Waals surface area (Å²) in [6, 6.07) is -0.720. The minimum Gasteiger partial charge on any atom is -0.480 e. The molecule has 1 saturated heterocycles. The summed E-state index contributed by atoms with van der Waals surface area (Å²) in [5, 5.41) is 12.1. The van der Waals surface area contributed by atoms with E-state index in [0.717, 1.165) is 5.01 Å². The van der Waals surface area contributed by atoms with Crippen LogP contribution in [-0.2, 0) is 4.79 Å². The zero-order valence-electron chi connectivity index (χ0n) is 5.06. The predicted molar refractivity (Wildman–Crippen MR) is 36.4 cm³/mol. The van der Waals surface area contributed by atoms with Gasteiger partial charge >= 0.3 is 5.97 Å². The third-order valence-corrected chi connectivity index (χ3v) is 2.25. The Morgan fingerprint density at radius 2 is 2.50 bits per heavy atom. The number of carboxylic acids is 1. The van der Waals surface area contributed by atoms with Crippen LogP contribution in [0.25, 0.3) is 0 Å². The van der Waals surface area contributed by atoms with Crippen LogP contribution in [0.15, 0.2) is 5.29 Å². The van der Waals surface area contributed by atoms with Crippen LogP contribution in [0.1, 0.15) is 0 Å². The molecule has 10 heavy (non-hydrogen) atoms. The number of carbonyl (C=O) groups is 1. The molecular weight excluding hydrogens is 156 g/mol. The summed E-state index contributed by atoms with van der Waals surface area (Å²) < 4.78 is 0. The van der Waals surface area contributed by atoms with Gasteiger partial charge in [0.05, 0.1) is 11.2 Å². The van der Waals surface area contributed by atoms with Gasteiger partial charge in [-0.2, -0.15) is 0 Å². The van der Waals surface area contributed by atoms with Gasteiger partial charge in [-0.05, 0) is 0 Å². The van der Waals surface area contributed by atoms with E-state index in [1.165, 1.54) is 11.8 Å². The Balaban J connectivity index is 2.58. The van der Waals surface area contributed by atoms with Crippen LogP contribution in [0, 0.1) is 4.91 Å². The standard InChI is InChI=1S/C4H6N2O3S/c7-4(8)3-1-10-2-6(3)5-9/h3H,1-2H2,(H,7,8). The van der Waals surface area contributed by atoms with Crippen molar-refractivity contribution in [2.75, 3.05) is 11.6 Å². The Morgan fingerprint density at radius 1 is 1.80 bits per heavy atom. The Morgan fingerprint density at radius 3 is 2.90 bits per heavy atom. The Kier molecular flexibility index (Phi) is 2.10. The smallest absolute Gasteiger partial charge is 0.329 e. The van der Waals surface area contributed by atoms with Crippen LogP contribution < -0.4 is 0 Å². The molecule has 1 aliphatic rings. The van der Waals surface area contributed by atoms with Gasteiger partial charge < -0.3 is 5.11 Å². The van der Waals surface area contributed by atoms with E-state index in [1.54, 1.807) is 0 Å². The second-order valence-electron chi connectivity index (χ2n) is 1.88. The lowest BCUT2D eigenvalue weighted by Crippen LogP contribution is -2.33. The third-order valence-electron chi connectivity index (χ3n) is 1.25. The maximum absolute atomic E-state index is 10.3. The van der Waals surface area contributed by atoms with E-state index in [1.807, 2.05) is 0 Å². The minimum atomic E-state index is -0.982. The van der Waals surface area contributed by atoms with E-state index in [9.17, 15) is 9.70 Å². The first kappa shape index (κ1) is 7.33. The lowest BCUT2D eigenvalue weighted by Gasteiger charge is -2.10. The maximum atomic E-state index is 10.3. The topological polar surface area (TPSA) is 70.0 Å². The highest BCUT2D eigenvalue weighted by Gasteiger charge is 2.30. The highest BCUT2D eigenvalue weighted by Crippen LogP contribution is 2.20. The van der Waals surface area contributed by atoms with E-state index in [4.69, 9.17) is 5.11 Å². The molecule has 0 radical (unpaired) electrons. The molecule has 0 spiro atoms. The van der Waals surface area contributed by atoms with Crippen molar-refractivity contribution in [1.82, 2.24) is 5.01 Å². The zero-order valence-corrected chi connectivity index (χ0v) is 5.87. The average molecular weight is 162 g/mol. The number of hydrogen-bond acceptors (Lipinski definition) is 4.